The maximum atomic E-state index is 12.5. The molecule has 8 heteroatoms. The van der Waals surface area contributed by atoms with Crippen LogP contribution >= 0.6 is 11.3 Å². The Morgan fingerprint density at radius 3 is 2.66 bits per heavy atom. The van der Waals surface area contributed by atoms with E-state index in [1.165, 1.54) is 29.5 Å². The number of carbonyl (C=O) groups excluding carboxylic acids is 1. The van der Waals surface area contributed by atoms with Crippen LogP contribution in [0.15, 0.2) is 78.4 Å². The Morgan fingerprint density at radius 1 is 1.03 bits per heavy atom. The van der Waals surface area contributed by atoms with E-state index in [0.29, 0.717) is 5.69 Å². The molecule has 1 amide bonds. The van der Waals surface area contributed by atoms with Crippen molar-refractivity contribution < 1.29 is 9.72 Å². The zero-order chi connectivity index (χ0) is 20.2. The number of hydrogen-bond acceptors (Lipinski definition) is 6. The molecule has 2 aromatic carbocycles. The zero-order valence-corrected chi connectivity index (χ0v) is 15.8. The van der Waals surface area contributed by atoms with Crippen LogP contribution in [0.5, 0.6) is 0 Å². The molecule has 1 N–H and O–H groups in total. The normalized spacial score (nSPS) is 10.5. The number of anilines is 1. The van der Waals surface area contributed by atoms with Crippen molar-refractivity contribution in [2.24, 2.45) is 0 Å². The lowest BCUT2D eigenvalue weighted by Gasteiger charge is -2.07. The number of rotatable bonds is 5. The van der Waals surface area contributed by atoms with Crippen LogP contribution in [0, 0.1) is 10.1 Å². The van der Waals surface area contributed by atoms with Gasteiger partial charge in [-0.3, -0.25) is 19.9 Å². The summed E-state index contributed by atoms with van der Waals surface area (Å²) < 4.78 is 0. The summed E-state index contributed by atoms with van der Waals surface area (Å²) in [6.07, 6.45) is 3.47. The largest absolute Gasteiger partial charge is 0.322 e. The number of carbonyl (C=O) groups is 1. The molecule has 2 aromatic heterocycles. The van der Waals surface area contributed by atoms with Crippen LogP contribution in [0.4, 0.5) is 11.4 Å². The van der Waals surface area contributed by atoms with Gasteiger partial charge in [-0.25, -0.2) is 4.98 Å². The first kappa shape index (κ1) is 18.5. The average Bonchev–Trinajstić information content (AvgIpc) is 3.25. The van der Waals surface area contributed by atoms with Gasteiger partial charge in [-0.05, 0) is 30.3 Å². The molecule has 0 unspecified atom stereocenters. The number of amides is 1. The van der Waals surface area contributed by atoms with Crippen molar-refractivity contribution in [1.29, 1.82) is 0 Å². The second kappa shape index (κ2) is 7.99. The highest BCUT2D eigenvalue weighted by Crippen LogP contribution is 2.30. The van der Waals surface area contributed by atoms with E-state index in [1.807, 2.05) is 23.6 Å². The lowest BCUT2D eigenvalue weighted by atomic mass is 10.1. The Hall–Kier alpha value is -3.91. The third kappa shape index (κ3) is 4.02. The maximum Gasteiger partial charge on any atom is 0.282 e. The van der Waals surface area contributed by atoms with Crippen molar-refractivity contribution in [2.75, 3.05) is 5.32 Å². The number of hydrogen-bond donors (Lipinski definition) is 1. The van der Waals surface area contributed by atoms with E-state index < -0.39 is 10.8 Å². The summed E-state index contributed by atoms with van der Waals surface area (Å²) in [6, 6.07) is 16.9. The number of para-hydroxylation sites is 1. The van der Waals surface area contributed by atoms with Crippen molar-refractivity contribution in [1.82, 2.24) is 9.97 Å². The first-order chi connectivity index (χ1) is 14.1. The van der Waals surface area contributed by atoms with Gasteiger partial charge in [0.15, 0.2) is 0 Å². The standard InChI is InChI=1S/C21H14N4O3S/c26-20(17-8-1-2-9-19(17)25(27)28)23-16-7-3-5-14(11-16)18-13-29-21(24-18)15-6-4-10-22-12-15/h1-13H,(H,23,26). The summed E-state index contributed by atoms with van der Waals surface area (Å²) in [5.74, 6) is -0.538. The molecule has 0 spiro atoms. The molecule has 0 atom stereocenters. The lowest BCUT2D eigenvalue weighted by Crippen LogP contribution is -2.13. The Morgan fingerprint density at radius 2 is 1.86 bits per heavy atom. The van der Waals surface area contributed by atoms with E-state index in [1.54, 1.807) is 36.7 Å². The van der Waals surface area contributed by atoms with Crippen LogP contribution in [-0.2, 0) is 0 Å². The number of aromatic nitrogens is 2. The summed E-state index contributed by atoms with van der Waals surface area (Å²) in [5, 5.41) is 16.7. The molecule has 142 valence electrons. The Labute approximate surface area is 169 Å². The molecule has 0 fully saturated rings. The fourth-order valence-electron chi connectivity index (χ4n) is 2.81. The highest BCUT2D eigenvalue weighted by atomic mass is 32.1. The molecule has 0 saturated heterocycles. The van der Waals surface area contributed by atoms with Gasteiger partial charge in [0.25, 0.3) is 11.6 Å². The number of benzene rings is 2. The Kier molecular flexibility index (Phi) is 5.08. The molecule has 29 heavy (non-hydrogen) atoms. The quantitative estimate of drug-likeness (QED) is 0.373. The minimum Gasteiger partial charge on any atom is -0.322 e. The Balaban J connectivity index is 1.58. The number of pyridine rings is 1. The minimum atomic E-state index is -0.569. The summed E-state index contributed by atoms with van der Waals surface area (Å²) in [6.45, 7) is 0. The van der Waals surface area contributed by atoms with Gasteiger partial charge in [-0.2, -0.15) is 0 Å². The van der Waals surface area contributed by atoms with E-state index in [-0.39, 0.29) is 11.3 Å². The number of nitrogens with zero attached hydrogens (tertiary/aromatic N) is 3. The second-order valence-electron chi connectivity index (χ2n) is 6.09. The van der Waals surface area contributed by atoms with Crippen LogP contribution < -0.4 is 5.32 Å². The van der Waals surface area contributed by atoms with Crippen molar-refractivity contribution in [2.45, 2.75) is 0 Å². The molecule has 2 heterocycles. The van der Waals surface area contributed by atoms with Gasteiger partial charge in [0, 0.05) is 40.7 Å². The van der Waals surface area contributed by atoms with Crippen LogP contribution in [0.1, 0.15) is 10.4 Å². The second-order valence-corrected chi connectivity index (χ2v) is 6.95. The van der Waals surface area contributed by atoms with E-state index in [9.17, 15) is 14.9 Å². The smallest absolute Gasteiger partial charge is 0.282 e. The van der Waals surface area contributed by atoms with Crippen LogP contribution in [-0.4, -0.2) is 20.8 Å². The molecular weight excluding hydrogens is 388 g/mol. The van der Waals surface area contributed by atoms with Crippen LogP contribution in [0.25, 0.3) is 21.8 Å². The predicted molar refractivity (Wildman–Crippen MR) is 112 cm³/mol. The molecular formula is C21H14N4O3S. The number of nitro groups is 1. The molecule has 7 nitrogen and oxygen atoms in total. The molecule has 0 aliphatic heterocycles. The van der Waals surface area contributed by atoms with Gasteiger partial charge in [0.2, 0.25) is 0 Å². The molecule has 4 rings (SSSR count). The van der Waals surface area contributed by atoms with Gasteiger partial charge in [0.1, 0.15) is 10.6 Å². The molecule has 0 radical (unpaired) electrons. The zero-order valence-electron chi connectivity index (χ0n) is 15.0. The highest BCUT2D eigenvalue weighted by Gasteiger charge is 2.19. The van der Waals surface area contributed by atoms with Gasteiger partial charge in [-0.1, -0.05) is 24.3 Å². The van der Waals surface area contributed by atoms with Crippen molar-refractivity contribution in [3.8, 4) is 21.8 Å². The highest BCUT2D eigenvalue weighted by molar-refractivity contribution is 7.13. The first-order valence-electron chi connectivity index (χ1n) is 8.63. The van der Waals surface area contributed by atoms with Gasteiger partial charge >= 0.3 is 0 Å². The van der Waals surface area contributed by atoms with E-state index in [0.717, 1.165) is 21.8 Å². The Bertz CT molecular complexity index is 1190. The predicted octanol–water partition coefficient (Wildman–Crippen LogP) is 5.03. The number of nitrogens with one attached hydrogen (secondary N) is 1. The van der Waals surface area contributed by atoms with Crippen LogP contribution in [0.3, 0.4) is 0 Å². The summed E-state index contributed by atoms with van der Waals surface area (Å²) in [4.78, 5) is 31.9. The molecule has 4 aromatic rings. The van der Waals surface area contributed by atoms with E-state index >= 15 is 0 Å². The fourth-order valence-corrected chi connectivity index (χ4v) is 3.63. The first-order valence-corrected chi connectivity index (χ1v) is 9.51. The molecule has 0 aliphatic rings. The van der Waals surface area contributed by atoms with E-state index in [4.69, 9.17) is 0 Å². The monoisotopic (exact) mass is 402 g/mol. The lowest BCUT2D eigenvalue weighted by molar-refractivity contribution is -0.385. The molecule has 0 aliphatic carbocycles. The SMILES string of the molecule is O=C(Nc1cccc(-c2csc(-c3cccnc3)n2)c1)c1ccccc1[N+](=O)[O-]. The third-order valence-electron chi connectivity index (χ3n) is 4.17. The summed E-state index contributed by atoms with van der Waals surface area (Å²) in [5.41, 5.74) is 2.84. The van der Waals surface area contributed by atoms with Crippen molar-refractivity contribution in [3.05, 3.63) is 94.1 Å². The minimum absolute atomic E-state index is 0.00965. The van der Waals surface area contributed by atoms with Crippen molar-refractivity contribution in [3.63, 3.8) is 0 Å². The number of thiazole rings is 1. The topological polar surface area (TPSA) is 98.0 Å². The van der Waals surface area contributed by atoms with Gasteiger partial charge < -0.3 is 5.32 Å². The fraction of sp³-hybridized carbons (Fsp3) is 0. The molecule has 0 bridgehead atoms. The van der Waals surface area contributed by atoms with Crippen molar-refractivity contribution >= 4 is 28.6 Å². The van der Waals surface area contributed by atoms with Gasteiger partial charge in [0.05, 0.1) is 10.6 Å². The van der Waals surface area contributed by atoms with Crippen LogP contribution in [0.2, 0.25) is 0 Å². The third-order valence-corrected chi connectivity index (χ3v) is 5.07. The van der Waals surface area contributed by atoms with Gasteiger partial charge in [-0.15, -0.1) is 11.3 Å². The summed E-state index contributed by atoms with van der Waals surface area (Å²) >= 11 is 1.51. The maximum absolute atomic E-state index is 12.5. The van der Waals surface area contributed by atoms with E-state index in [2.05, 4.69) is 15.3 Å². The number of nitro benzene ring substituents is 1. The average molecular weight is 402 g/mol. The summed E-state index contributed by atoms with van der Waals surface area (Å²) in [7, 11) is 0. The molecule has 0 saturated carbocycles.